The third kappa shape index (κ3) is 4.83. The van der Waals surface area contributed by atoms with E-state index in [2.05, 4.69) is 4.98 Å². The molecule has 6 nitrogen and oxygen atoms in total. The third-order valence-electron chi connectivity index (χ3n) is 4.91. The van der Waals surface area contributed by atoms with Crippen molar-refractivity contribution in [3.8, 4) is 11.5 Å². The first-order valence-corrected chi connectivity index (χ1v) is 10.5. The number of anilines is 2. The topological polar surface area (TPSA) is 68.7 Å². The minimum absolute atomic E-state index is 0.125. The van der Waals surface area contributed by atoms with Gasteiger partial charge < -0.3 is 9.47 Å². The van der Waals surface area contributed by atoms with Crippen molar-refractivity contribution in [3.63, 3.8) is 0 Å². The van der Waals surface area contributed by atoms with Crippen molar-refractivity contribution in [1.29, 1.82) is 0 Å². The maximum absolute atomic E-state index is 12.6. The zero-order valence-corrected chi connectivity index (χ0v) is 18.9. The van der Waals surface area contributed by atoms with Gasteiger partial charge in [0.15, 0.2) is 22.4 Å². The van der Waals surface area contributed by atoms with E-state index in [1.54, 1.807) is 36.3 Å². The largest absolute Gasteiger partial charge is 0.493 e. The quantitative estimate of drug-likeness (QED) is 0.368. The van der Waals surface area contributed by atoms with Crippen LogP contribution in [0.25, 0.3) is 6.08 Å². The molecule has 160 valence electrons. The van der Waals surface area contributed by atoms with E-state index in [-0.39, 0.29) is 11.7 Å². The van der Waals surface area contributed by atoms with Gasteiger partial charge >= 0.3 is 0 Å². The van der Waals surface area contributed by atoms with Crippen LogP contribution >= 0.6 is 11.3 Å². The zero-order valence-electron chi connectivity index (χ0n) is 18.1. The molecule has 0 atom stereocenters. The number of carbonyl (C=O) groups excluding carboxylic acids is 2. The molecule has 0 radical (unpaired) electrons. The molecule has 0 spiro atoms. The van der Waals surface area contributed by atoms with Gasteiger partial charge in [0.25, 0.3) is 0 Å². The first kappa shape index (κ1) is 22.2. The van der Waals surface area contributed by atoms with Crippen LogP contribution < -0.4 is 14.4 Å². The van der Waals surface area contributed by atoms with Gasteiger partial charge in [-0.15, -0.1) is 11.3 Å². The van der Waals surface area contributed by atoms with Gasteiger partial charge in [-0.1, -0.05) is 12.1 Å². The summed E-state index contributed by atoms with van der Waals surface area (Å²) in [5.41, 5.74) is 4.00. The fourth-order valence-electron chi connectivity index (χ4n) is 3.09. The lowest BCUT2D eigenvalue weighted by atomic mass is 10.1. The van der Waals surface area contributed by atoms with Crippen molar-refractivity contribution in [1.82, 2.24) is 4.98 Å². The summed E-state index contributed by atoms with van der Waals surface area (Å²) in [5.74, 6) is 0.736. The molecular formula is C24H24N2O4S. The highest BCUT2D eigenvalue weighted by molar-refractivity contribution is 7.14. The molecule has 3 rings (SSSR count). The molecule has 7 heteroatoms. The lowest BCUT2D eigenvalue weighted by Gasteiger charge is -2.21. The molecule has 0 bridgehead atoms. The second kappa shape index (κ2) is 9.57. The number of allylic oxidation sites excluding steroid dienone is 1. The van der Waals surface area contributed by atoms with Crippen LogP contribution in [0.4, 0.5) is 10.8 Å². The first-order valence-electron chi connectivity index (χ1n) is 9.62. The molecule has 0 unspecified atom stereocenters. The van der Waals surface area contributed by atoms with Gasteiger partial charge in [-0.25, -0.2) is 4.98 Å². The second-order valence-corrected chi connectivity index (χ2v) is 7.73. The number of thiazole rings is 1. The number of amides is 1. The van der Waals surface area contributed by atoms with Crippen LogP contribution in [0.5, 0.6) is 11.5 Å². The fraction of sp³-hybridized carbons (Fsp3) is 0.208. The Hall–Kier alpha value is -3.45. The van der Waals surface area contributed by atoms with Gasteiger partial charge in [0.1, 0.15) is 0 Å². The maximum Gasteiger partial charge on any atom is 0.230 e. The number of hydrogen-bond acceptors (Lipinski definition) is 6. The summed E-state index contributed by atoms with van der Waals surface area (Å²) in [5, 5.41) is 2.37. The predicted octanol–water partition coefficient (Wildman–Crippen LogP) is 5.36. The molecule has 0 N–H and O–H groups in total. The van der Waals surface area contributed by atoms with Gasteiger partial charge in [-0.2, -0.15) is 0 Å². The highest BCUT2D eigenvalue weighted by Crippen LogP contribution is 2.33. The van der Waals surface area contributed by atoms with E-state index in [4.69, 9.17) is 9.47 Å². The first-order chi connectivity index (χ1) is 14.8. The summed E-state index contributed by atoms with van der Waals surface area (Å²) in [6, 6.07) is 10.8. The Labute approximate surface area is 185 Å². The maximum atomic E-state index is 12.6. The minimum atomic E-state index is -0.187. The summed E-state index contributed by atoms with van der Waals surface area (Å²) in [6.45, 7) is 5.50. The summed E-state index contributed by atoms with van der Waals surface area (Å²) in [7, 11) is 3.07. The van der Waals surface area contributed by atoms with Crippen molar-refractivity contribution in [2.45, 2.75) is 20.8 Å². The number of ether oxygens (including phenoxy) is 2. The van der Waals surface area contributed by atoms with Gasteiger partial charge in [0.2, 0.25) is 5.91 Å². The summed E-state index contributed by atoms with van der Waals surface area (Å²) in [6.07, 6.45) is 3.09. The van der Waals surface area contributed by atoms with Gasteiger partial charge in [0, 0.05) is 17.9 Å². The van der Waals surface area contributed by atoms with Gasteiger partial charge in [-0.3, -0.25) is 14.5 Å². The highest BCUT2D eigenvalue weighted by atomic mass is 32.1. The monoisotopic (exact) mass is 436 g/mol. The minimum Gasteiger partial charge on any atom is -0.493 e. The second-order valence-electron chi connectivity index (χ2n) is 6.90. The van der Waals surface area contributed by atoms with Crippen LogP contribution in [0.15, 0.2) is 47.9 Å². The van der Waals surface area contributed by atoms with E-state index < -0.39 is 0 Å². The molecule has 0 aliphatic rings. The SMILES string of the molecule is COc1ccc(C(=O)C=Cc2csc(N(C(C)=O)c3cccc(C)c3C)n2)cc1OC. The van der Waals surface area contributed by atoms with E-state index in [0.29, 0.717) is 27.9 Å². The van der Waals surface area contributed by atoms with Crippen molar-refractivity contribution >= 4 is 39.9 Å². The molecule has 3 aromatic rings. The van der Waals surface area contributed by atoms with E-state index in [1.807, 2.05) is 37.4 Å². The smallest absolute Gasteiger partial charge is 0.230 e. The van der Waals surface area contributed by atoms with Crippen molar-refractivity contribution in [2.24, 2.45) is 0 Å². The number of ketones is 1. The summed E-state index contributed by atoms with van der Waals surface area (Å²) >= 11 is 1.35. The van der Waals surface area contributed by atoms with Crippen LogP contribution in [-0.2, 0) is 4.79 Å². The van der Waals surface area contributed by atoms with Gasteiger partial charge in [0.05, 0.1) is 25.6 Å². The number of rotatable bonds is 7. The van der Waals surface area contributed by atoms with Crippen LogP contribution in [0, 0.1) is 13.8 Å². The van der Waals surface area contributed by atoms with Crippen molar-refractivity contribution < 1.29 is 19.1 Å². The van der Waals surface area contributed by atoms with Crippen molar-refractivity contribution in [2.75, 3.05) is 19.1 Å². The Bertz CT molecular complexity index is 1150. The number of aromatic nitrogens is 1. The number of carbonyl (C=O) groups is 2. The Balaban J connectivity index is 1.84. The predicted molar refractivity (Wildman–Crippen MR) is 124 cm³/mol. The lowest BCUT2D eigenvalue weighted by molar-refractivity contribution is -0.115. The summed E-state index contributed by atoms with van der Waals surface area (Å²) in [4.78, 5) is 31.1. The van der Waals surface area contributed by atoms with Crippen LogP contribution in [-0.4, -0.2) is 30.9 Å². The third-order valence-corrected chi connectivity index (χ3v) is 5.75. The molecule has 0 aliphatic heterocycles. The fourth-order valence-corrected chi connectivity index (χ4v) is 3.94. The van der Waals surface area contributed by atoms with E-state index in [0.717, 1.165) is 16.8 Å². The zero-order chi connectivity index (χ0) is 22.5. The number of nitrogens with zero attached hydrogens (tertiary/aromatic N) is 2. The Morgan fingerprint density at radius 3 is 2.48 bits per heavy atom. The average Bonchev–Trinajstić information content (AvgIpc) is 3.22. The van der Waals surface area contributed by atoms with Crippen LogP contribution in [0.3, 0.4) is 0 Å². The Morgan fingerprint density at radius 1 is 1.06 bits per heavy atom. The molecular weight excluding hydrogens is 412 g/mol. The van der Waals surface area contributed by atoms with E-state index in [9.17, 15) is 9.59 Å². The Morgan fingerprint density at radius 2 is 1.81 bits per heavy atom. The number of hydrogen-bond donors (Lipinski definition) is 0. The average molecular weight is 437 g/mol. The highest BCUT2D eigenvalue weighted by Gasteiger charge is 2.20. The van der Waals surface area contributed by atoms with E-state index in [1.165, 1.54) is 31.4 Å². The molecule has 1 heterocycles. The summed E-state index contributed by atoms with van der Waals surface area (Å²) < 4.78 is 10.5. The van der Waals surface area contributed by atoms with Crippen LogP contribution in [0.2, 0.25) is 0 Å². The lowest BCUT2D eigenvalue weighted by Crippen LogP contribution is -2.23. The molecule has 31 heavy (non-hydrogen) atoms. The standard InChI is InChI=1S/C24H24N2O4S/c1-15-7-6-8-20(16(15)2)26(17(3)27)24-25-19(14-31-24)10-11-21(28)18-9-12-22(29-4)23(13-18)30-5/h6-14H,1-5H3. The van der Waals surface area contributed by atoms with E-state index >= 15 is 0 Å². The number of aryl methyl sites for hydroxylation is 1. The number of methoxy groups -OCH3 is 2. The Kier molecular flexibility index (Phi) is 6.87. The molecule has 0 aliphatic carbocycles. The molecule has 0 fully saturated rings. The van der Waals surface area contributed by atoms with Gasteiger partial charge in [-0.05, 0) is 61.4 Å². The molecule has 2 aromatic carbocycles. The number of benzene rings is 2. The molecule has 1 aromatic heterocycles. The van der Waals surface area contributed by atoms with Crippen LogP contribution in [0.1, 0.15) is 34.1 Å². The molecule has 0 saturated heterocycles. The normalized spacial score (nSPS) is 10.9. The molecule has 1 amide bonds. The molecule has 0 saturated carbocycles. The van der Waals surface area contributed by atoms with Crippen molar-refractivity contribution in [3.05, 3.63) is 70.2 Å².